The predicted molar refractivity (Wildman–Crippen MR) is 84.5 cm³/mol. The second kappa shape index (κ2) is 6.72. The molecule has 0 unspecified atom stereocenters. The maximum absolute atomic E-state index is 12.5. The van der Waals surface area contributed by atoms with E-state index in [-0.39, 0.29) is 4.90 Å². The number of anilines is 1. The second-order valence-electron chi connectivity index (χ2n) is 5.09. The fraction of sp³-hybridized carbons (Fsp3) is 0.250. The summed E-state index contributed by atoms with van der Waals surface area (Å²) in [5.41, 5.74) is 1.95. The highest BCUT2D eigenvalue weighted by Crippen LogP contribution is 2.28. The van der Waals surface area contributed by atoms with E-state index in [1.807, 2.05) is 13.0 Å². The number of sulfonamides is 1. The van der Waals surface area contributed by atoms with Crippen molar-refractivity contribution in [2.75, 3.05) is 4.72 Å². The van der Waals surface area contributed by atoms with E-state index in [0.717, 1.165) is 23.3 Å². The molecule has 8 heteroatoms. The summed E-state index contributed by atoms with van der Waals surface area (Å²) >= 11 is 0. The number of nitrogens with one attached hydrogen (secondary N) is 1. The lowest BCUT2D eigenvalue weighted by atomic mass is 10.1. The van der Waals surface area contributed by atoms with Crippen molar-refractivity contribution in [3.63, 3.8) is 0 Å². The molecule has 4 nitrogen and oxygen atoms in total. The van der Waals surface area contributed by atoms with Crippen molar-refractivity contribution in [2.24, 2.45) is 0 Å². The minimum Gasteiger partial charge on any atom is -0.406 e. The topological polar surface area (TPSA) is 55.4 Å². The van der Waals surface area contributed by atoms with Crippen LogP contribution in [-0.2, 0) is 16.4 Å². The fourth-order valence-corrected chi connectivity index (χ4v) is 3.41. The van der Waals surface area contributed by atoms with Gasteiger partial charge in [-0.15, -0.1) is 13.2 Å². The van der Waals surface area contributed by atoms with Gasteiger partial charge in [0.15, 0.2) is 0 Å². The zero-order valence-electron chi connectivity index (χ0n) is 13.0. The molecule has 2 aromatic rings. The summed E-state index contributed by atoms with van der Waals surface area (Å²) in [6.07, 6.45) is -4.28. The first-order chi connectivity index (χ1) is 11.1. The van der Waals surface area contributed by atoms with Gasteiger partial charge < -0.3 is 4.74 Å². The second-order valence-corrected chi connectivity index (χ2v) is 6.77. The number of alkyl halides is 3. The molecule has 1 N–H and O–H groups in total. The van der Waals surface area contributed by atoms with Gasteiger partial charge in [0, 0.05) is 6.07 Å². The lowest BCUT2D eigenvalue weighted by Crippen LogP contribution is -2.18. The Balaban J connectivity index is 2.37. The maximum Gasteiger partial charge on any atom is 0.573 e. The molecule has 0 amide bonds. The van der Waals surface area contributed by atoms with E-state index in [1.165, 1.54) is 12.1 Å². The van der Waals surface area contributed by atoms with E-state index in [4.69, 9.17) is 0 Å². The van der Waals surface area contributed by atoms with Gasteiger partial charge in [-0.2, -0.15) is 0 Å². The van der Waals surface area contributed by atoms with Crippen LogP contribution in [0.1, 0.15) is 18.1 Å². The number of para-hydroxylation sites is 1. The zero-order chi connectivity index (χ0) is 18.0. The van der Waals surface area contributed by atoms with Gasteiger partial charge in [0.25, 0.3) is 10.0 Å². The molecule has 0 fully saturated rings. The van der Waals surface area contributed by atoms with Gasteiger partial charge in [-0.1, -0.05) is 31.2 Å². The van der Waals surface area contributed by atoms with E-state index < -0.39 is 22.1 Å². The van der Waals surface area contributed by atoms with E-state index in [9.17, 15) is 21.6 Å². The average molecular weight is 359 g/mol. The molecule has 2 aromatic carbocycles. The van der Waals surface area contributed by atoms with E-state index in [2.05, 4.69) is 9.46 Å². The lowest BCUT2D eigenvalue weighted by Gasteiger charge is -2.15. The largest absolute Gasteiger partial charge is 0.573 e. The first-order valence-corrected chi connectivity index (χ1v) is 8.58. The van der Waals surface area contributed by atoms with E-state index in [1.54, 1.807) is 19.1 Å². The van der Waals surface area contributed by atoms with Crippen LogP contribution in [0, 0.1) is 6.92 Å². The smallest absolute Gasteiger partial charge is 0.406 e. The zero-order valence-corrected chi connectivity index (χ0v) is 13.8. The number of hydrogen-bond donors (Lipinski definition) is 1. The molecule has 130 valence electrons. The molecule has 0 saturated carbocycles. The van der Waals surface area contributed by atoms with Crippen LogP contribution in [0.2, 0.25) is 0 Å². The normalized spacial score (nSPS) is 12.0. The Morgan fingerprint density at radius 2 is 1.79 bits per heavy atom. The summed E-state index contributed by atoms with van der Waals surface area (Å²) < 4.78 is 68.0. The summed E-state index contributed by atoms with van der Waals surface area (Å²) in [6, 6.07) is 9.61. The van der Waals surface area contributed by atoms with Crippen LogP contribution in [0.5, 0.6) is 5.75 Å². The van der Waals surface area contributed by atoms with E-state index >= 15 is 0 Å². The number of ether oxygens (including phenoxy) is 1. The number of rotatable bonds is 5. The summed E-state index contributed by atoms with van der Waals surface area (Å²) in [5, 5.41) is 0. The molecule has 2 rings (SSSR count). The molecule has 0 aliphatic carbocycles. The van der Waals surface area contributed by atoms with Crippen LogP contribution in [0.4, 0.5) is 18.9 Å². The highest BCUT2D eigenvalue weighted by molar-refractivity contribution is 7.92. The Labute approximate surface area is 138 Å². The average Bonchev–Trinajstić information content (AvgIpc) is 2.48. The van der Waals surface area contributed by atoms with E-state index in [0.29, 0.717) is 12.1 Å². The fourth-order valence-electron chi connectivity index (χ4n) is 2.20. The highest BCUT2D eigenvalue weighted by atomic mass is 32.2. The molecule has 24 heavy (non-hydrogen) atoms. The third kappa shape index (κ3) is 4.41. The monoisotopic (exact) mass is 359 g/mol. The molecule has 0 aliphatic rings. The van der Waals surface area contributed by atoms with Crippen molar-refractivity contribution in [1.29, 1.82) is 0 Å². The summed E-state index contributed by atoms with van der Waals surface area (Å²) in [4.78, 5) is -0.311. The maximum atomic E-state index is 12.5. The number of aryl methyl sites for hydroxylation is 2. The first-order valence-electron chi connectivity index (χ1n) is 7.09. The summed E-state index contributed by atoms with van der Waals surface area (Å²) in [6.45, 7) is 3.63. The Morgan fingerprint density at radius 1 is 1.12 bits per heavy atom. The predicted octanol–water partition coefficient (Wildman–Crippen LogP) is 4.26. The van der Waals surface area contributed by atoms with Gasteiger partial charge in [0.05, 0.1) is 10.6 Å². The van der Waals surface area contributed by atoms with Crippen molar-refractivity contribution in [3.8, 4) is 5.75 Å². The van der Waals surface area contributed by atoms with Crippen molar-refractivity contribution in [3.05, 3.63) is 53.6 Å². The first kappa shape index (κ1) is 18.1. The molecule has 0 aromatic heterocycles. The van der Waals surface area contributed by atoms with Gasteiger partial charge in [-0.05, 0) is 36.6 Å². The molecule has 0 heterocycles. The third-order valence-electron chi connectivity index (χ3n) is 3.33. The Bertz CT molecular complexity index is 833. The molecule has 0 atom stereocenters. The minimum absolute atomic E-state index is 0.311. The van der Waals surface area contributed by atoms with Gasteiger partial charge in [0.1, 0.15) is 5.75 Å². The van der Waals surface area contributed by atoms with Crippen LogP contribution in [-0.4, -0.2) is 14.8 Å². The lowest BCUT2D eigenvalue weighted by molar-refractivity contribution is -0.274. The van der Waals surface area contributed by atoms with Gasteiger partial charge >= 0.3 is 6.36 Å². The molecule has 0 radical (unpaired) electrons. The molecule has 0 bridgehead atoms. The standard InChI is InChI=1S/C16H16F3NO3S/c1-3-12-7-4-6-11(2)15(12)20-24(21,22)14-9-5-8-13(10-14)23-16(17,18)19/h4-10,20H,3H2,1-2H3. The van der Waals surface area contributed by atoms with Crippen LogP contribution in [0.15, 0.2) is 47.4 Å². The Kier molecular flexibility index (Phi) is 5.08. The van der Waals surface area contributed by atoms with Gasteiger partial charge in [0.2, 0.25) is 0 Å². The highest BCUT2D eigenvalue weighted by Gasteiger charge is 2.31. The number of benzene rings is 2. The minimum atomic E-state index is -4.89. The van der Waals surface area contributed by atoms with Crippen LogP contribution in [0.25, 0.3) is 0 Å². The van der Waals surface area contributed by atoms with Crippen molar-refractivity contribution in [2.45, 2.75) is 31.5 Å². The number of hydrogen-bond acceptors (Lipinski definition) is 3. The van der Waals surface area contributed by atoms with Gasteiger partial charge in [-0.3, -0.25) is 4.72 Å². The molecular formula is C16H16F3NO3S. The summed E-state index contributed by atoms with van der Waals surface area (Å²) in [7, 11) is -4.04. The number of halogens is 3. The Morgan fingerprint density at radius 3 is 2.42 bits per heavy atom. The van der Waals surface area contributed by atoms with Crippen molar-refractivity contribution >= 4 is 15.7 Å². The Hall–Kier alpha value is -2.22. The molecule has 0 spiro atoms. The molecular weight excluding hydrogens is 343 g/mol. The SMILES string of the molecule is CCc1cccc(C)c1NS(=O)(=O)c1cccc(OC(F)(F)F)c1. The van der Waals surface area contributed by atoms with Crippen molar-refractivity contribution < 1.29 is 26.3 Å². The van der Waals surface area contributed by atoms with Crippen LogP contribution >= 0.6 is 0 Å². The molecule has 0 saturated heterocycles. The van der Waals surface area contributed by atoms with Crippen molar-refractivity contribution in [1.82, 2.24) is 0 Å². The summed E-state index contributed by atoms with van der Waals surface area (Å²) in [5.74, 6) is -0.592. The quantitative estimate of drug-likeness (QED) is 0.868. The third-order valence-corrected chi connectivity index (χ3v) is 4.67. The van der Waals surface area contributed by atoms with Crippen LogP contribution in [0.3, 0.4) is 0 Å². The molecule has 0 aliphatic heterocycles. The van der Waals surface area contributed by atoms with Gasteiger partial charge in [-0.25, -0.2) is 8.42 Å². The van der Waals surface area contributed by atoms with Crippen LogP contribution < -0.4 is 9.46 Å².